The number of hydrogen-bond donors (Lipinski definition) is 1. The molecule has 2 rings (SSSR count). The fourth-order valence-electron chi connectivity index (χ4n) is 2.15. The third-order valence-corrected chi connectivity index (χ3v) is 4.68. The highest BCUT2D eigenvalue weighted by Crippen LogP contribution is 2.26. The lowest BCUT2D eigenvalue weighted by Crippen LogP contribution is -2.42. The Morgan fingerprint density at radius 1 is 1.56 bits per heavy atom. The van der Waals surface area contributed by atoms with Gasteiger partial charge in [-0.15, -0.1) is 11.3 Å². The molecule has 0 aliphatic heterocycles. The normalized spacial score (nSPS) is 25.3. The van der Waals surface area contributed by atoms with E-state index >= 15 is 0 Å². The van der Waals surface area contributed by atoms with Crippen LogP contribution in [0.1, 0.15) is 35.4 Å². The van der Waals surface area contributed by atoms with Gasteiger partial charge in [-0.2, -0.15) is 0 Å². The van der Waals surface area contributed by atoms with E-state index in [9.17, 15) is 4.79 Å². The van der Waals surface area contributed by atoms with E-state index in [1.54, 1.807) is 11.7 Å². The van der Waals surface area contributed by atoms with E-state index in [-0.39, 0.29) is 5.91 Å². The molecule has 1 aliphatic rings. The summed E-state index contributed by atoms with van der Waals surface area (Å²) in [5.74, 6) is 0.603. The predicted molar refractivity (Wildman–Crippen MR) is 69.1 cm³/mol. The maximum absolute atomic E-state index is 11.9. The maximum atomic E-state index is 11.9. The number of halogens is 1. The zero-order valence-electron chi connectivity index (χ0n) is 8.99. The van der Waals surface area contributed by atoms with Gasteiger partial charge in [0.05, 0.1) is 11.7 Å². The van der Waals surface area contributed by atoms with Crippen LogP contribution in [0, 0.1) is 5.92 Å². The summed E-state index contributed by atoms with van der Waals surface area (Å²) in [5, 5.41) is 4.10. The molecule has 16 heavy (non-hydrogen) atoms. The molecule has 2 atom stereocenters. The highest BCUT2D eigenvalue weighted by Gasteiger charge is 2.26. The zero-order valence-corrected chi connectivity index (χ0v) is 11.4. The Kier molecular flexibility index (Phi) is 4.35. The van der Waals surface area contributed by atoms with E-state index in [4.69, 9.17) is 0 Å². The second-order valence-electron chi connectivity index (χ2n) is 4.14. The molecule has 1 fully saturated rings. The van der Waals surface area contributed by atoms with Crippen LogP contribution in [-0.4, -0.2) is 22.3 Å². The average molecular weight is 303 g/mol. The number of alkyl halides is 1. The highest BCUT2D eigenvalue weighted by molar-refractivity contribution is 9.09. The maximum Gasteiger partial charge on any atom is 0.263 e. The molecule has 0 aromatic carbocycles. The van der Waals surface area contributed by atoms with Crippen LogP contribution in [0.2, 0.25) is 0 Å². The molecule has 1 aromatic rings. The number of aromatic nitrogens is 1. The molecule has 1 aromatic heterocycles. The molecule has 1 saturated carbocycles. The third kappa shape index (κ3) is 2.83. The molecule has 2 unspecified atom stereocenters. The minimum Gasteiger partial charge on any atom is -0.348 e. The van der Waals surface area contributed by atoms with Gasteiger partial charge >= 0.3 is 0 Å². The molecule has 0 radical (unpaired) electrons. The van der Waals surface area contributed by atoms with Crippen molar-refractivity contribution in [2.24, 2.45) is 5.92 Å². The largest absolute Gasteiger partial charge is 0.348 e. The first kappa shape index (κ1) is 12.0. The summed E-state index contributed by atoms with van der Waals surface area (Å²) in [4.78, 5) is 16.5. The van der Waals surface area contributed by atoms with Crippen LogP contribution in [0.25, 0.3) is 0 Å². The number of rotatable bonds is 3. The fourth-order valence-corrected chi connectivity index (χ4v) is 3.45. The minimum absolute atomic E-state index is 0.0281. The molecule has 1 amide bonds. The summed E-state index contributed by atoms with van der Waals surface area (Å²) in [7, 11) is 0. The second kappa shape index (κ2) is 5.77. The van der Waals surface area contributed by atoms with Crippen molar-refractivity contribution < 1.29 is 4.79 Å². The quantitative estimate of drug-likeness (QED) is 0.873. The monoisotopic (exact) mass is 302 g/mol. The first-order chi connectivity index (χ1) is 7.81. The van der Waals surface area contributed by atoms with Crippen LogP contribution in [-0.2, 0) is 0 Å². The van der Waals surface area contributed by atoms with Crippen molar-refractivity contribution in [3.8, 4) is 0 Å². The van der Waals surface area contributed by atoms with E-state index in [1.165, 1.54) is 30.6 Å². The number of nitrogens with zero attached hydrogens (tertiary/aromatic N) is 1. The summed E-state index contributed by atoms with van der Waals surface area (Å²) in [6.07, 6.45) is 6.44. The molecular weight excluding hydrogens is 288 g/mol. The lowest BCUT2D eigenvalue weighted by atomic mass is 9.86. The molecule has 1 heterocycles. The molecule has 5 heteroatoms. The first-order valence-corrected chi connectivity index (χ1v) is 7.56. The molecule has 0 bridgehead atoms. The number of thiazole rings is 1. The Balaban J connectivity index is 1.95. The summed E-state index contributed by atoms with van der Waals surface area (Å²) in [5.41, 5.74) is 1.69. The molecule has 3 nitrogen and oxygen atoms in total. The highest BCUT2D eigenvalue weighted by atomic mass is 79.9. The molecule has 1 N–H and O–H groups in total. The summed E-state index contributed by atoms with van der Waals surface area (Å²) in [6.45, 7) is 0. The van der Waals surface area contributed by atoms with Gasteiger partial charge in [-0.25, -0.2) is 0 Å². The summed E-state index contributed by atoms with van der Waals surface area (Å²) >= 11 is 4.92. The van der Waals surface area contributed by atoms with Crippen molar-refractivity contribution in [1.82, 2.24) is 10.3 Å². The van der Waals surface area contributed by atoms with Crippen molar-refractivity contribution in [3.05, 3.63) is 16.6 Å². The predicted octanol–water partition coefficient (Wildman–Crippen LogP) is 2.83. The van der Waals surface area contributed by atoms with Crippen molar-refractivity contribution in [2.75, 3.05) is 5.33 Å². The Bertz CT molecular complexity index is 342. The minimum atomic E-state index is 0.0281. The van der Waals surface area contributed by atoms with Crippen LogP contribution in [0.15, 0.2) is 11.7 Å². The number of carbonyl (C=O) groups excluding carboxylic acids is 1. The van der Waals surface area contributed by atoms with Crippen LogP contribution in [0.5, 0.6) is 0 Å². The SMILES string of the molecule is O=C(NC1CCCCC1CBr)c1cncs1. The second-order valence-corrected chi connectivity index (χ2v) is 5.68. The molecule has 1 aliphatic carbocycles. The van der Waals surface area contributed by atoms with Crippen molar-refractivity contribution in [1.29, 1.82) is 0 Å². The smallest absolute Gasteiger partial charge is 0.263 e. The Morgan fingerprint density at radius 3 is 3.06 bits per heavy atom. The third-order valence-electron chi connectivity index (χ3n) is 3.08. The zero-order chi connectivity index (χ0) is 11.4. The Hall–Kier alpha value is -0.420. The van der Waals surface area contributed by atoms with Gasteiger partial charge in [0.25, 0.3) is 5.91 Å². The number of amides is 1. The molecular formula is C11H15BrN2OS. The van der Waals surface area contributed by atoms with E-state index < -0.39 is 0 Å². The van der Waals surface area contributed by atoms with Crippen molar-refractivity contribution in [3.63, 3.8) is 0 Å². The Morgan fingerprint density at radius 2 is 2.38 bits per heavy atom. The van der Waals surface area contributed by atoms with Gasteiger partial charge in [0, 0.05) is 11.4 Å². The number of nitrogens with one attached hydrogen (secondary N) is 1. The van der Waals surface area contributed by atoms with Gasteiger partial charge < -0.3 is 5.32 Å². The van der Waals surface area contributed by atoms with Gasteiger partial charge in [-0.3, -0.25) is 9.78 Å². The topological polar surface area (TPSA) is 42.0 Å². The number of hydrogen-bond acceptors (Lipinski definition) is 3. The van der Waals surface area contributed by atoms with Crippen molar-refractivity contribution >= 4 is 33.2 Å². The van der Waals surface area contributed by atoms with Crippen molar-refractivity contribution in [2.45, 2.75) is 31.7 Å². The molecule has 88 valence electrons. The van der Waals surface area contributed by atoms with Crippen LogP contribution in [0.3, 0.4) is 0 Å². The summed E-state index contributed by atoms with van der Waals surface area (Å²) in [6, 6.07) is 0.322. The van der Waals surface area contributed by atoms with Crippen LogP contribution < -0.4 is 5.32 Å². The van der Waals surface area contributed by atoms with Crippen LogP contribution >= 0.6 is 27.3 Å². The van der Waals surface area contributed by atoms with Gasteiger partial charge in [0.15, 0.2) is 0 Å². The average Bonchev–Trinajstić information content (AvgIpc) is 2.83. The fraction of sp³-hybridized carbons (Fsp3) is 0.636. The van der Waals surface area contributed by atoms with Gasteiger partial charge in [-0.1, -0.05) is 28.8 Å². The van der Waals surface area contributed by atoms with E-state index in [2.05, 4.69) is 26.2 Å². The lowest BCUT2D eigenvalue weighted by molar-refractivity contribution is 0.0915. The molecule has 0 spiro atoms. The Labute approximate surface area is 108 Å². The van der Waals surface area contributed by atoms with Crippen LogP contribution in [0.4, 0.5) is 0 Å². The van der Waals surface area contributed by atoms with Gasteiger partial charge in [0.2, 0.25) is 0 Å². The molecule has 0 saturated heterocycles. The first-order valence-electron chi connectivity index (χ1n) is 5.56. The van der Waals surface area contributed by atoms with Gasteiger partial charge in [-0.05, 0) is 18.8 Å². The van der Waals surface area contributed by atoms with E-state index in [0.29, 0.717) is 16.8 Å². The summed E-state index contributed by atoms with van der Waals surface area (Å²) < 4.78 is 0. The van der Waals surface area contributed by atoms with Gasteiger partial charge in [0.1, 0.15) is 4.88 Å². The standard InChI is InChI=1S/C11H15BrN2OS/c12-5-8-3-1-2-4-9(8)14-11(15)10-6-13-7-16-10/h6-9H,1-5H2,(H,14,15). The number of carbonyl (C=O) groups is 1. The van der Waals surface area contributed by atoms with E-state index in [0.717, 1.165) is 11.8 Å². The lowest BCUT2D eigenvalue weighted by Gasteiger charge is -2.30. The van der Waals surface area contributed by atoms with E-state index in [1.807, 2.05) is 0 Å².